The minimum absolute atomic E-state index is 0.0245. The summed E-state index contributed by atoms with van der Waals surface area (Å²) in [6.45, 7) is 11.2. The summed E-state index contributed by atoms with van der Waals surface area (Å²) in [6.07, 6.45) is 5.42. The summed E-state index contributed by atoms with van der Waals surface area (Å²) in [7, 11) is -2.02. The van der Waals surface area contributed by atoms with Gasteiger partial charge >= 0.3 is 0 Å². The van der Waals surface area contributed by atoms with Crippen LogP contribution in [0.3, 0.4) is 0 Å². The number of hydrogen-bond acceptors (Lipinski definition) is 5. The monoisotopic (exact) mass is 503 g/mol. The van der Waals surface area contributed by atoms with Crippen LogP contribution in [0.15, 0.2) is 43.0 Å². The zero-order valence-corrected chi connectivity index (χ0v) is 21.7. The Morgan fingerprint density at radius 1 is 1.17 bits per heavy atom. The second kappa shape index (κ2) is 12.0. The van der Waals surface area contributed by atoms with Gasteiger partial charge in [0.25, 0.3) is 0 Å². The summed E-state index contributed by atoms with van der Waals surface area (Å²) in [5.41, 5.74) is 3.45. The van der Waals surface area contributed by atoms with E-state index in [0.717, 1.165) is 23.1 Å². The summed E-state index contributed by atoms with van der Waals surface area (Å²) < 4.78 is 44.7. The fourth-order valence-electron chi connectivity index (χ4n) is 3.27. The smallest absolute Gasteiger partial charge is 0.244 e. The standard InChI is InChI=1S/C26H34FN3O4S/c1-7-19-14-18(15-22(27)25(19)30-35(6,32)33)17-29-24(31)11-9-20-8-10-21(26(2,3)4)16-23(20)28-12-13-34-5/h7-11,14-16,28,30H,1,12-13,17H2,2-6H3,(H,29,31). The number of hydrogen-bond donors (Lipinski definition) is 3. The highest BCUT2D eigenvalue weighted by molar-refractivity contribution is 7.92. The Balaban J connectivity index is 2.15. The van der Waals surface area contributed by atoms with Crippen molar-refractivity contribution in [2.75, 3.05) is 36.6 Å². The Kier molecular flexibility index (Phi) is 9.62. The molecule has 9 heteroatoms. The molecule has 0 spiro atoms. The van der Waals surface area contributed by atoms with Crippen LogP contribution >= 0.6 is 0 Å². The molecule has 0 radical (unpaired) electrons. The van der Waals surface area contributed by atoms with Crippen molar-refractivity contribution in [1.29, 1.82) is 0 Å². The fourth-order valence-corrected chi connectivity index (χ4v) is 3.85. The fraction of sp³-hybridized carbons (Fsp3) is 0.346. The van der Waals surface area contributed by atoms with E-state index in [-0.39, 0.29) is 29.1 Å². The molecule has 0 bridgehead atoms. The minimum atomic E-state index is -3.66. The Morgan fingerprint density at radius 2 is 1.89 bits per heavy atom. The van der Waals surface area contributed by atoms with E-state index < -0.39 is 15.8 Å². The summed E-state index contributed by atoms with van der Waals surface area (Å²) in [5, 5.41) is 6.06. The SMILES string of the molecule is C=Cc1cc(CNC(=O)C=Cc2ccc(C(C)(C)C)cc2NCCOC)cc(F)c1NS(C)(=O)=O. The molecular weight excluding hydrogens is 469 g/mol. The highest BCUT2D eigenvalue weighted by Crippen LogP contribution is 2.28. The number of anilines is 2. The normalized spacial score (nSPS) is 11.9. The van der Waals surface area contributed by atoms with E-state index in [0.29, 0.717) is 18.7 Å². The maximum absolute atomic E-state index is 14.5. The molecule has 0 aliphatic heterocycles. The summed E-state index contributed by atoms with van der Waals surface area (Å²) >= 11 is 0. The Hall–Kier alpha value is -3.17. The predicted octanol–water partition coefficient (Wildman–Crippen LogP) is 4.53. The molecule has 35 heavy (non-hydrogen) atoms. The minimum Gasteiger partial charge on any atom is -0.383 e. The van der Waals surface area contributed by atoms with Crippen molar-refractivity contribution in [3.8, 4) is 0 Å². The quantitative estimate of drug-likeness (QED) is 0.309. The van der Waals surface area contributed by atoms with Crippen LogP contribution in [0.2, 0.25) is 0 Å². The molecule has 3 N–H and O–H groups in total. The molecule has 0 unspecified atom stereocenters. The van der Waals surface area contributed by atoms with Crippen LogP contribution in [0.5, 0.6) is 0 Å². The van der Waals surface area contributed by atoms with Gasteiger partial charge in [-0.2, -0.15) is 0 Å². The Morgan fingerprint density at radius 3 is 2.49 bits per heavy atom. The Labute approximate surface area is 207 Å². The second-order valence-electron chi connectivity index (χ2n) is 9.14. The number of rotatable bonds is 11. The maximum atomic E-state index is 14.5. The van der Waals surface area contributed by atoms with Gasteiger partial charge < -0.3 is 15.4 Å². The number of methoxy groups -OCH3 is 1. The first-order valence-electron chi connectivity index (χ1n) is 11.1. The molecule has 190 valence electrons. The van der Waals surface area contributed by atoms with Gasteiger partial charge in [0.15, 0.2) is 0 Å². The van der Waals surface area contributed by atoms with Crippen molar-refractivity contribution in [1.82, 2.24) is 5.32 Å². The van der Waals surface area contributed by atoms with Gasteiger partial charge in [0, 0.05) is 37.5 Å². The number of sulfonamides is 1. The first kappa shape index (κ1) is 28.1. The van der Waals surface area contributed by atoms with Crippen molar-refractivity contribution in [2.24, 2.45) is 0 Å². The van der Waals surface area contributed by atoms with Crippen LogP contribution in [0, 0.1) is 5.82 Å². The third-order valence-corrected chi connectivity index (χ3v) is 5.68. The van der Waals surface area contributed by atoms with Gasteiger partial charge in [0.2, 0.25) is 15.9 Å². The summed E-state index contributed by atoms with van der Waals surface area (Å²) in [5.74, 6) is -1.11. The molecule has 2 aromatic rings. The topological polar surface area (TPSA) is 96.5 Å². The number of amides is 1. The zero-order valence-electron chi connectivity index (χ0n) is 20.9. The highest BCUT2D eigenvalue weighted by Gasteiger charge is 2.16. The average molecular weight is 504 g/mol. The van der Waals surface area contributed by atoms with E-state index in [2.05, 4.69) is 48.8 Å². The van der Waals surface area contributed by atoms with Gasteiger partial charge in [0.1, 0.15) is 5.82 Å². The summed E-state index contributed by atoms with van der Waals surface area (Å²) in [4.78, 5) is 12.4. The van der Waals surface area contributed by atoms with Gasteiger partial charge in [0.05, 0.1) is 18.6 Å². The number of halogens is 1. The molecule has 0 fully saturated rings. The van der Waals surface area contributed by atoms with Crippen LogP contribution < -0.4 is 15.4 Å². The molecule has 0 aromatic heterocycles. The van der Waals surface area contributed by atoms with Crippen molar-refractivity contribution in [3.05, 3.63) is 71.1 Å². The van der Waals surface area contributed by atoms with Crippen molar-refractivity contribution in [2.45, 2.75) is 32.7 Å². The van der Waals surface area contributed by atoms with E-state index >= 15 is 0 Å². The molecule has 0 saturated carbocycles. The molecule has 7 nitrogen and oxygen atoms in total. The van der Waals surface area contributed by atoms with Crippen LogP contribution in [0.4, 0.5) is 15.8 Å². The number of carbonyl (C=O) groups is 1. The highest BCUT2D eigenvalue weighted by atomic mass is 32.2. The number of nitrogens with one attached hydrogen (secondary N) is 3. The number of ether oxygens (including phenoxy) is 1. The lowest BCUT2D eigenvalue weighted by molar-refractivity contribution is -0.116. The number of carbonyl (C=O) groups excluding carboxylic acids is 1. The predicted molar refractivity (Wildman–Crippen MR) is 141 cm³/mol. The summed E-state index contributed by atoms with van der Waals surface area (Å²) in [6, 6.07) is 8.80. The van der Waals surface area contributed by atoms with E-state index in [1.807, 2.05) is 12.1 Å². The molecule has 0 heterocycles. The van der Waals surface area contributed by atoms with E-state index in [9.17, 15) is 17.6 Å². The molecule has 2 rings (SSSR count). The van der Waals surface area contributed by atoms with E-state index in [1.165, 1.54) is 18.2 Å². The maximum Gasteiger partial charge on any atom is 0.244 e. The third-order valence-electron chi connectivity index (χ3n) is 5.11. The molecule has 0 aliphatic rings. The first-order valence-corrected chi connectivity index (χ1v) is 13.0. The van der Waals surface area contributed by atoms with Gasteiger partial charge in [-0.05, 0) is 46.4 Å². The van der Waals surface area contributed by atoms with Crippen LogP contribution in [-0.4, -0.2) is 40.8 Å². The Bertz CT molecular complexity index is 1200. The second-order valence-corrected chi connectivity index (χ2v) is 10.9. The van der Waals surface area contributed by atoms with E-state index in [4.69, 9.17) is 4.74 Å². The molecule has 2 aromatic carbocycles. The van der Waals surface area contributed by atoms with Crippen LogP contribution in [-0.2, 0) is 31.5 Å². The molecule has 1 amide bonds. The van der Waals surface area contributed by atoms with Crippen molar-refractivity contribution >= 4 is 39.5 Å². The lowest BCUT2D eigenvalue weighted by Gasteiger charge is -2.21. The van der Waals surface area contributed by atoms with Crippen LogP contribution in [0.25, 0.3) is 12.2 Å². The van der Waals surface area contributed by atoms with Gasteiger partial charge in [-0.1, -0.05) is 45.6 Å². The number of benzene rings is 2. The lowest BCUT2D eigenvalue weighted by atomic mass is 9.86. The van der Waals surface area contributed by atoms with Crippen LogP contribution in [0.1, 0.15) is 43.0 Å². The lowest BCUT2D eigenvalue weighted by Crippen LogP contribution is -2.21. The molecular formula is C26H34FN3O4S. The third kappa shape index (κ3) is 8.84. The van der Waals surface area contributed by atoms with Gasteiger partial charge in [-0.25, -0.2) is 12.8 Å². The van der Waals surface area contributed by atoms with E-state index in [1.54, 1.807) is 19.3 Å². The van der Waals surface area contributed by atoms with Gasteiger partial charge in [-0.15, -0.1) is 0 Å². The van der Waals surface area contributed by atoms with Crippen molar-refractivity contribution in [3.63, 3.8) is 0 Å². The largest absolute Gasteiger partial charge is 0.383 e. The zero-order chi connectivity index (χ0) is 26.2. The first-order chi connectivity index (χ1) is 16.3. The van der Waals surface area contributed by atoms with Gasteiger partial charge in [-0.3, -0.25) is 9.52 Å². The molecule has 0 aliphatic carbocycles. The molecule has 0 saturated heterocycles. The molecule has 0 atom stereocenters. The average Bonchev–Trinajstić information content (AvgIpc) is 2.76. The van der Waals surface area contributed by atoms with Crippen molar-refractivity contribution < 1.29 is 22.3 Å².